The second-order valence-corrected chi connectivity index (χ2v) is 2.61. The number of pyridine rings is 1. The van der Waals surface area contributed by atoms with Crippen LogP contribution in [0.5, 0.6) is 0 Å². The van der Waals surface area contributed by atoms with Crippen molar-refractivity contribution in [3.63, 3.8) is 0 Å². The first kappa shape index (κ1) is 9.92. The van der Waals surface area contributed by atoms with E-state index >= 15 is 0 Å². The quantitative estimate of drug-likeness (QED) is 0.707. The molecule has 0 bridgehead atoms. The van der Waals surface area contributed by atoms with Gasteiger partial charge in [-0.25, -0.2) is 9.37 Å². The summed E-state index contributed by atoms with van der Waals surface area (Å²) < 4.78 is 17.8. The summed E-state index contributed by atoms with van der Waals surface area (Å²) in [4.78, 5) is 3.85. The first-order valence-corrected chi connectivity index (χ1v) is 4.18. The number of nitrogens with zero attached hydrogens (tertiary/aromatic N) is 1. The fraction of sp³-hybridized carbons (Fsp3) is 0.444. The largest absolute Gasteiger partial charge is 0.385 e. The molecule has 1 N–H and O–H groups in total. The topological polar surface area (TPSA) is 34.1 Å². The van der Waals surface area contributed by atoms with E-state index in [1.54, 1.807) is 19.4 Å². The number of ether oxygens (including phenoxy) is 1. The van der Waals surface area contributed by atoms with Gasteiger partial charge >= 0.3 is 0 Å². The molecule has 1 aromatic rings. The minimum Gasteiger partial charge on any atom is -0.385 e. The lowest BCUT2D eigenvalue weighted by molar-refractivity contribution is 0.197. The van der Waals surface area contributed by atoms with Crippen LogP contribution in [0.3, 0.4) is 0 Å². The zero-order valence-electron chi connectivity index (χ0n) is 7.59. The number of rotatable bonds is 5. The molecule has 0 atom stereocenters. The highest BCUT2D eigenvalue weighted by molar-refractivity contribution is 5.35. The maximum absolute atomic E-state index is 12.9. The predicted molar refractivity (Wildman–Crippen MR) is 49.2 cm³/mol. The molecule has 0 saturated heterocycles. The Morgan fingerprint density at radius 1 is 1.62 bits per heavy atom. The third kappa shape index (κ3) is 3.38. The summed E-state index contributed by atoms with van der Waals surface area (Å²) in [6.45, 7) is 1.34. The molecule has 1 aromatic heterocycles. The van der Waals surface area contributed by atoms with Gasteiger partial charge in [-0.3, -0.25) is 0 Å². The van der Waals surface area contributed by atoms with Crippen molar-refractivity contribution in [2.24, 2.45) is 0 Å². The van der Waals surface area contributed by atoms with E-state index in [-0.39, 0.29) is 5.82 Å². The van der Waals surface area contributed by atoms with E-state index in [0.29, 0.717) is 19.0 Å². The van der Waals surface area contributed by atoms with Crippen LogP contribution in [0, 0.1) is 5.82 Å². The monoisotopic (exact) mass is 184 g/mol. The molecular weight excluding hydrogens is 171 g/mol. The highest BCUT2D eigenvalue weighted by atomic mass is 19.1. The molecule has 13 heavy (non-hydrogen) atoms. The molecule has 0 aliphatic rings. The average Bonchev–Trinajstić information content (AvgIpc) is 2.15. The molecule has 0 unspecified atom stereocenters. The van der Waals surface area contributed by atoms with Crippen LogP contribution >= 0.6 is 0 Å². The van der Waals surface area contributed by atoms with Crippen LogP contribution in [0.2, 0.25) is 0 Å². The molecule has 0 aliphatic heterocycles. The van der Waals surface area contributed by atoms with E-state index in [9.17, 15) is 4.39 Å². The van der Waals surface area contributed by atoms with Gasteiger partial charge in [-0.15, -0.1) is 0 Å². The van der Waals surface area contributed by atoms with E-state index in [2.05, 4.69) is 10.3 Å². The molecule has 0 spiro atoms. The normalized spacial score (nSPS) is 10.0. The van der Waals surface area contributed by atoms with E-state index in [1.807, 2.05) is 0 Å². The van der Waals surface area contributed by atoms with Crippen molar-refractivity contribution in [1.82, 2.24) is 4.98 Å². The summed E-state index contributed by atoms with van der Waals surface area (Å²) in [6, 6.07) is 2.95. The van der Waals surface area contributed by atoms with Crippen LogP contribution in [0.4, 0.5) is 10.2 Å². The highest BCUT2D eigenvalue weighted by Gasteiger charge is 1.99. The van der Waals surface area contributed by atoms with Crippen molar-refractivity contribution < 1.29 is 9.13 Å². The highest BCUT2D eigenvalue weighted by Crippen LogP contribution is 2.07. The molecule has 0 amide bonds. The summed E-state index contributed by atoms with van der Waals surface area (Å²) in [5.74, 6) is -0.0153. The summed E-state index contributed by atoms with van der Waals surface area (Å²) in [7, 11) is 1.64. The molecule has 0 fully saturated rings. The van der Waals surface area contributed by atoms with Gasteiger partial charge in [-0.2, -0.15) is 0 Å². The van der Waals surface area contributed by atoms with Gasteiger partial charge in [0.25, 0.3) is 0 Å². The standard InChI is InChI=1S/C9H13FN2O/c1-13-7-3-6-12-9-8(10)4-2-5-11-9/h2,4-5H,3,6-7H2,1H3,(H,11,12). The zero-order valence-corrected chi connectivity index (χ0v) is 7.59. The fourth-order valence-electron chi connectivity index (χ4n) is 0.939. The molecule has 0 saturated carbocycles. The maximum atomic E-state index is 12.9. The van der Waals surface area contributed by atoms with Crippen molar-refractivity contribution in [3.05, 3.63) is 24.1 Å². The third-order valence-electron chi connectivity index (χ3n) is 1.58. The van der Waals surface area contributed by atoms with Gasteiger partial charge in [-0.05, 0) is 18.6 Å². The smallest absolute Gasteiger partial charge is 0.165 e. The lowest BCUT2D eigenvalue weighted by atomic mass is 10.4. The summed E-state index contributed by atoms with van der Waals surface area (Å²) in [6.07, 6.45) is 2.40. The predicted octanol–water partition coefficient (Wildman–Crippen LogP) is 1.67. The molecule has 0 aromatic carbocycles. The lowest BCUT2D eigenvalue weighted by Crippen LogP contribution is -2.07. The number of methoxy groups -OCH3 is 1. The van der Waals surface area contributed by atoms with Gasteiger partial charge in [0.1, 0.15) is 0 Å². The molecule has 0 radical (unpaired) electrons. The SMILES string of the molecule is COCCCNc1ncccc1F. The fourth-order valence-corrected chi connectivity index (χ4v) is 0.939. The molecule has 1 rings (SSSR count). The van der Waals surface area contributed by atoms with Crippen LogP contribution in [0.25, 0.3) is 0 Å². The van der Waals surface area contributed by atoms with Crippen molar-refractivity contribution in [2.45, 2.75) is 6.42 Å². The second-order valence-electron chi connectivity index (χ2n) is 2.61. The number of anilines is 1. The third-order valence-corrected chi connectivity index (χ3v) is 1.58. The van der Waals surface area contributed by atoms with Crippen molar-refractivity contribution in [3.8, 4) is 0 Å². The molecule has 1 heterocycles. The second kappa shape index (κ2) is 5.48. The molecule has 4 heteroatoms. The van der Waals surface area contributed by atoms with Crippen molar-refractivity contribution in [2.75, 3.05) is 25.6 Å². The Hall–Kier alpha value is -1.16. The summed E-state index contributed by atoms with van der Waals surface area (Å²) in [5.41, 5.74) is 0. The number of hydrogen-bond acceptors (Lipinski definition) is 3. The minimum absolute atomic E-state index is 0.304. The minimum atomic E-state index is -0.320. The van der Waals surface area contributed by atoms with Crippen LogP contribution in [0.15, 0.2) is 18.3 Å². The molecule has 3 nitrogen and oxygen atoms in total. The Balaban J connectivity index is 2.32. The Labute approximate surface area is 76.9 Å². The molecule has 0 aliphatic carbocycles. The van der Waals surface area contributed by atoms with Gasteiger partial charge in [0.15, 0.2) is 11.6 Å². The van der Waals surface area contributed by atoms with E-state index in [1.165, 1.54) is 6.07 Å². The van der Waals surface area contributed by atoms with Gasteiger partial charge in [0.05, 0.1) is 0 Å². The first-order valence-electron chi connectivity index (χ1n) is 4.18. The van der Waals surface area contributed by atoms with Gasteiger partial charge in [0, 0.05) is 26.5 Å². The Morgan fingerprint density at radius 2 is 2.46 bits per heavy atom. The summed E-state index contributed by atoms with van der Waals surface area (Å²) >= 11 is 0. The Bertz CT molecular complexity index is 255. The zero-order chi connectivity index (χ0) is 9.52. The van der Waals surface area contributed by atoms with Gasteiger partial charge < -0.3 is 10.1 Å². The lowest BCUT2D eigenvalue weighted by Gasteiger charge is -2.04. The van der Waals surface area contributed by atoms with Crippen LogP contribution < -0.4 is 5.32 Å². The number of hydrogen-bond donors (Lipinski definition) is 1. The number of nitrogens with one attached hydrogen (secondary N) is 1. The van der Waals surface area contributed by atoms with Gasteiger partial charge in [0.2, 0.25) is 0 Å². The molecule has 72 valence electrons. The summed E-state index contributed by atoms with van der Waals surface area (Å²) in [5, 5.41) is 2.88. The van der Waals surface area contributed by atoms with Crippen molar-refractivity contribution in [1.29, 1.82) is 0 Å². The van der Waals surface area contributed by atoms with E-state index in [4.69, 9.17) is 4.74 Å². The Kier molecular flexibility index (Phi) is 4.18. The number of halogens is 1. The maximum Gasteiger partial charge on any atom is 0.165 e. The number of aromatic nitrogens is 1. The first-order chi connectivity index (χ1) is 6.34. The van der Waals surface area contributed by atoms with E-state index in [0.717, 1.165) is 6.42 Å². The Morgan fingerprint density at radius 3 is 3.15 bits per heavy atom. The van der Waals surface area contributed by atoms with Crippen LogP contribution in [-0.2, 0) is 4.74 Å². The average molecular weight is 184 g/mol. The van der Waals surface area contributed by atoms with Crippen LogP contribution in [0.1, 0.15) is 6.42 Å². The van der Waals surface area contributed by atoms with Gasteiger partial charge in [-0.1, -0.05) is 0 Å². The molecular formula is C9H13FN2O. The van der Waals surface area contributed by atoms with E-state index < -0.39 is 0 Å². The van der Waals surface area contributed by atoms with Crippen LogP contribution in [-0.4, -0.2) is 25.2 Å². The van der Waals surface area contributed by atoms with Crippen molar-refractivity contribution >= 4 is 5.82 Å².